The first-order valence-electron chi connectivity index (χ1n) is 11.3. The summed E-state index contributed by atoms with van der Waals surface area (Å²) in [4.78, 5) is 16.2. The van der Waals surface area contributed by atoms with Crippen LogP contribution in [0.15, 0.2) is 95.2 Å². The van der Waals surface area contributed by atoms with Gasteiger partial charge < -0.3 is 0 Å². The number of aromatic nitrogens is 2. The molecule has 6 rings (SSSR count). The summed E-state index contributed by atoms with van der Waals surface area (Å²) in [6, 6.07) is 23.4. The Bertz CT molecular complexity index is 1500. The van der Waals surface area contributed by atoms with E-state index in [2.05, 4.69) is 4.99 Å². The summed E-state index contributed by atoms with van der Waals surface area (Å²) < 4.78 is 15.6. The van der Waals surface area contributed by atoms with Crippen LogP contribution in [0.5, 0.6) is 0 Å². The minimum Gasteiger partial charge on any atom is -0.272 e. The van der Waals surface area contributed by atoms with E-state index in [0.717, 1.165) is 33.8 Å². The summed E-state index contributed by atoms with van der Waals surface area (Å²) in [5.41, 5.74) is 5.12. The zero-order chi connectivity index (χ0) is 24.6. The number of aliphatic imine (C=N–C) groups is 1. The third kappa shape index (κ3) is 4.34. The number of carbonyl (C=O) groups excluding carboxylic acids is 1. The molecule has 0 N–H and O–H groups in total. The molecule has 2 aliphatic heterocycles. The first kappa shape index (κ1) is 22.7. The molecule has 1 unspecified atom stereocenters. The number of amides is 1. The lowest BCUT2D eigenvalue weighted by atomic mass is 9.96. The molecule has 0 spiro atoms. The Hall–Kier alpha value is -3.75. The molecule has 1 aromatic heterocycles. The van der Waals surface area contributed by atoms with Crippen molar-refractivity contribution in [2.24, 2.45) is 10.1 Å². The van der Waals surface area contributed by atoms with Gasteiger partial charge in [-0.05, 0) is 54.1 Å². The van der Waals surface area contributed by atoms with Crippen LogP contribution in [0.3, 0.4) is 0 Å². The normalized spacial score (nSPS) is 17.4. The molecule has 178 valence electrons. The predicted octanol–water partition coefficient (Wildman–Crippen LogP) is 6.11. The third-order valence-corrected chi connectivity index (χ3v) is 7.25. The van der Waals surface area contributed by atoms with E-state index in [9.17, 15) is 9.18 Å². The smallest absolute Gasteiger partial charge is 0.258 e. The summed E-state index contributed by atoms with van der Waals surface area (Å²) in [6.07, 6.45) is 2.55. The quantitative estimate of drug-likeness (QED) is 0.329. The van der Waals surface area contributed by atoms with Crippen LogP contribution in [0.2, 0.25) is 5.02 Å². The lowest BCUT2D eigenvalue weighted by Gasteiger charge is -2.22. The maximum Gasteiger partial charge on any atom is 0.258 e. The van der Waals surface area contributed by atoms with Crippen molar-refractivity contribution in [1.29, 1.82) is 0 Å². The van der Waals surface area contributed by atoms with Crippen molar-refractivity contribution < 1.29 is 9.18 Å². The summed E-state index contributed by atoms with van der Waals surface area (Å²) in [5, 5.41) is 12.8. The predicted molar refractivity (Wildman–Crippen MR) is 141 cm³/mol. The second-order valence-corrected chi connectivity index (χ2v) is 9.79. The molecule has 0 radical (unpaired) electrons. The van der Waals surface area contributed by atoms with Gasteiger partial charge in [-0.25, -0.2) is 14.1 Å². The van der Waals surface area contributed by atoms with Gasteiger partial charge in [0.15, 0.2) is 5.17 Å². The highest BCUT2D eigenvalue weighted by atomic mass is 35.5. The highest BCUT2D eigenvalue weighted by Gasteiger charge is 2.37. The summed E-state index contributed by atoms with van der Waals surface area (Å²) in [5.74, 6) is -0.199. The van der Waals surface area contributed by atoms with Gasteiger partial charge in [0.25, 0.3) is 5.91 Å². The van der Waals surface area contributed by atoms with Crippen molar-refractivity contribution >= 4 is 40.1 Å². The number of halogens is 2. The molecule has 6 nitrogen and oxygen atoms in total. The largest absolute Gasteiger partial charge is 0.272 e. The number of amidine groups is 1. The zero-order valence-corrected chi connectivity index (χ0v) is 20.5. The number of rotatable bonds is 4. The van der Waals surface area contributed by atoms with E-state index in [1.54, 1.807) is 12.1 Å². The van der Waals surface area contributed by atoms with Gasteiger partial charge in [0.05, 0.1) is 28.9 Å². The van der Waals surface area contributed by atoms with Crippen molar-refractivity contribution in [2.75, 3.05) is 5.75 Å². The Morgan fingerprint density at radius 1 is 0.944 bits per heavy atom. The number of benzene rings is 3. The van der Waals surface area contributed by atoms with Crippen LogP contribution in [-0.4, -0.2) is 37.3 Å². The molecule has 3 aromatic carbocycles. The summed E-state index contributed by atoms with van der Waals surface area (Å²) in [6.45, 7) is 0. The Labute approximate surface area is 216 Å². The molecule has 4 aromatic rings. The first-order chi connectivity index (χ1) is 17.5. The molecule has 0 bridgehead atoms. The van der Waals surface area contributed by atoms with Gasteiger partial charge in [0, 0.05) is 28.8 Å². The molecule has 1 amide bonds. The molecular weight excluding hydrogens is 497 g/mol. The molecule has 3 heterocycles. The second kappa shape index (κ2) is 9.37. The SMILES string of the molecule is O=C1CSC(N2N=C(c3ccc(Cl)cc3)CC2c2cn(-c3ccccc3)nc2-c2ccc(F)cc2)=N1. The number of carbonyl (C=O) groups is 1. The van der Waals surface area contributed by atoms with Crippen LogP contribution < -0.4 is 0 Å². The zero-order valence-electron chi connectivity index (χ0n) is 18.9. The molecule has 36 heavy (non-hydrogen) atoms. The average Bonchev–Trinajstić information content (AvgIpc) is 3.63. The molecule has 0 aliphatic carbocycles. The molecule has 1 atom stereocenters. The number of nitrogens with zero attached hydrogens (tertiary/aromatic N) is 5. The van der Waals surface area contributed by atoms with Crippen LogP contribution in [-0.2, 0) is 4.79 Å². The van der Waals surface area contributed by atoms with Crippen LogP contribution in [0.25, 0.3) is 16.9 Å². The van der Waals surface area contributed by atoms with Crippen LogP contribution in [0.4, 0.5) is 4.39 Å². The van der Waals surface area contributed by atoms with Crippen molar-refractivity contribution in [3.05, 3.63) is 107 Å². The molecule has 0 saturated carbocycles. The van der Waals surface area contributed by atoms with Gasteiger partial charge in [-0.15, -0.1) is 0 Å². The van der Waals surface area contributed by atoms with E-state index in [0.29, 0.717) is 22.4 Å². The van der Waals surface area contributed by atoms with E-state index < -0.39 is 0 Å². The summed E-state index contributed by atoms with van der Waals surface area (Å²) >= 11 is 7.48. The fourth-order valence-corrected chi connectivity index (χ4v) is 5.25. The first-order valence-corrected chi connectivity index (χ1v) is 12.7. The minimum atomic E-state index is -0.311. The van der Waals surface area contributed by atoms with Gasteiger partial charge in [-0.1, -0.05) is 53.7 Å². The fraction of sp³-hybridized carbons (Fsp3) is 0.111. The molecule has 0 fully saturated rings. The third-order valence-electron chi connectivity index (χ3n) is 6.07. The molecular formula is C27H19ClFN5OS. The minimum absolute atomic E-state index is 0.178. The van der Waals surface area contributed by atoms with Gasteiger partial charge >= 0.3 is 0 Å². The van der Waals surface area contributed by atoms with Gasteiger partial charge in [0.1, 0.15) is 5.82 Å². The van der Waals surface area contributed by atoms with Crippen molar-refractivity contribution in [3.8, 4) is 16.9 Å². The molecule has 0 saturated heterocycles. The highest BCUT2D eigenvalue weighted by Crippen LogP contribution is 2.40. The van der Waals surface area contributed by atoms with E-state index in [-0.39, 0.29) is 17.8 Å². The highest BCUT2D eigenvalue weighted by molar-refractivity contribution is 8.14. The molecule has 2 aliphatic rings. The maximum absolute atomic E-state index is 13.7. The lowest BCUT2D eigenvalue weighted by molar-refractivity contribution is -0.115. The number of hydrogen-bond donors (Lipinski definition) is 0. The van der Waals surface area contributed by atoms with E-state index in [4.69, 9.17) is 21.8 Å². The van der Waals surface area contributed by atoms with Crippen LogP contribution in [0.1, 0.15) is 23.6 Å². The van der Waals surface area contributed by atoms with Gasteiger partial charge in [-0.2, -0.15) is 15.2 Å². The Balaban J connectivity index is 1.48. The molecule has 9 heteroatoms. The van der Waals surface area contributed by atoms with Crippen molar-refractivity contribution in [3.63, 3.8) is 0 Å². The van der Waals surface area contributed by atoms with Crippen LogP contribution in [0, 0.1) is 5.82 Å². The second-order valence-electron chi connectivity index (χ2n) is 8.41. The van der Waals surface area contributed by atoms with E-state index >= 15 is 0 Å². The maximum atomic E-state index is 13.7. The average molecular weight is 516 g/mol. The van der Waals surface area contributed by atoms with E-state index in [1.165, 1.54) is 23.9 Å². The van der Waals surface area contributed by atoms with Crippen molar-refractivity contribution in [2.45, 2.75) is 12.5 Å². The summed E-state index contributed by atoms with van der Waals surface area (Å²) in [7, 11) is 0. The number of thioether (sulfide) groups is 1. The van der Waals surface area contributed by atoms with Gasteiger partial charge in [0.2, 0.25) is 0 Å². The Morgan fingerprint density at radius 3 is 2.36 bits per heavy atom. The Kier molecular flexibility index (Phi) is 5.91. The standard InChI is InChI=1S/C27H19ClFN5OS/c28-19-10-6-17(7-11-19)23-14-24(34(31-23)27-30-25(35)16-36-27)22-15-33(21-4-2-1-3-5-21)32-26(22)18-8-12-20(29)13-9-18/h1-13,15,24H,14,16H2. The van der Waals surface area contributed by atoms with Crippen molar-refractivity contribution in [1.82, 2.24) is 14.8 Å². The van der Waals surface area contributed by atoms with Gasteiger partial charge in [-0.3, -0.25) is 4.79 Å². The number of hydrogen-bond acceptors (Lipinski definition) is 5. The topological polar surface area (TPSA) is 62.9 Å². The van der Waals surface area contributed by atoms with Crippen LogP contribution >= 0.6 is 23.4 Å². The van der Waals surface area contributed by atoms with E-state index in [1.807, 2.05) is 70.5 Å². The fourth-order valence-electron chi connectivity index (χ4n) is 4.34. The number of hydrazone groups is 1. The lowest BCUT2D eigenvalue weighted by Crippen LogP contribution is -2.24. The Morgan fingerprint density at radius 2 is 1.67 bits per heavy atom. The number of para-hydroxylation sites is 1. The monoisotopic (exact) mass is 515 g/mol.